The molecule has 0 bridgehead atoms. The molecule has 0 aromatic heterocycles. The third kappa shape index (κ3) is 7.20. The molecule has 0 saturated heterocycles. The highest BCUT2D eigenvalue weighted by Crippen LogP contribution is 2.44. The zero-order valence-electron chi connectivity index (χ0n) is 21.8. The normalized spacial score (nSPS) is 12.2. The van der Waals surface area contributed by atoms with Crippen LogP contribution in [0.2, 0.25) is 0 Å². The maximum absolute atomic E-state index is 12.4. The van der Waals surface area contributed by atoms with Crippen molar-refractivity contribution in [2.24, 2.45) is 20.5 Å². The number of methoxy groups -OCH3 is 1. The van der Waals surface area contributed by atoms with Crippen LogP contribution in [0.25, 0.3) is 0 Å². The minimum Gasteiger partial charge on any atom is -0.494 e. The number of esters is 1. The molecule has 0 amide bonds. The molecule has 3 aromatic carbocycles. The second kappa shape index (κ2) is 12.8. The minimum absolute atomic E-state index is 0.0735. The fourth-order valence-corrected chi connectivity index (χ4v) is 5.08. The molecule has 0 spiro atoms. The highest BCUT2D eigenvalue weighted by molar-refractivity contribution is 7.91. The number of benzene rings is 3. The van der Waals surface area contributed by atoms with Gasteiger partial charge in [-0.2, -0.15) is 8.42 Å². The number of carbonyl (C=O) groups excluding carboxylic acids is 1. The zero-order chi connectivity index (χ0) is 30.4. The van der Waals surface area contributed by atoms with E-state index in [1.165, 1.54) is 31.4 Å². The van der Waals surface area contributed by atoms with E-state index >= 15 is 0 Å². The Morgan fingerprint density at radius 2 is 1.56 bits per heavy atom. The lowest BCUT2D eigenvalue weighted by Crippen LogP contribution is -2.09. The maximum atomic E-state index is 12.4. The van der Waals surface area contributed by atoms with Crippen LogP contribution in [0.5, 0.6) is 5.75 Å². The third-order valence-electron chi connectivity index (χ3n) is 5.39. The number of azo groups is 2. The van der Waals surface area contributed by atoms with Crippen molar-refractivity contribution in [3.63, 3.8) is 0 Å². The number of nitrogens with two attached hydrogens (primary N) is 2. The summed E-state index contributed by atoms with van der Waals surface area (Å²) in [5.74, 6) is -1.12. The first-order chi connectivity index (χ1) is 19.3. The van der Waals surface area contributed by atoms with Gasteiger partial charge in [0.05, 0.1) is 47.9 Å². The first kappa shape index (κ1) is 31.1. The number of hydrogen-bond acceptors (Lipinski definition) is 14. The Balaban J connectivity index is 2.17. The van der Waals surface area contributed by atoms with Crippen LogP contribution >= 0.6 is 0 Å². The van der Waals surface area contributed by atoms with Gasteiger partial charge in [0.25, 0.3) is 10.1 Å². The second-order valence-corrected chi connectivity index (χ2v) is 11.6. The first-order valence-corrected chi connectivity index (χ1v) is 14.7. The molecule has 0 aliphatic rings. The average Bonchev–Trinajstić information content (AvgIpc) is 2.92. The van der Waals surface area contributed by atoms with Crippen molar-refractivity contribution >= 4 is 60.0 Å². The van der Waals surface area contributed by atoms with E-state index in [9.17, 15) is 26.2 Å². The lowest BCUT2D eigenvalue weighted by Gasteiger charge is -2.11. The zero-order valence-corrected chi connectivity index (χ0v) is 23.4. The summed E-state index contributed by atoms with van der Waals surface area (Å²) < 4.78 is 68.9. The SMILES string of the molecule is CCOC(=O)c1ccccc1N=Nc1cc(S(=O)(=O)O)c(N)c(N=Nc2cc(S(=O)(=O)CCO)ccc2OC)c1N. The smallest absolute Gasteiger partial charge is 0.340 e. The van der Waals surface area contributed by atoms with Gasteiger partial charge in [-0.05, 0) is 43.3 Å². The standard InChI is InChI=1S/C24H26N6O9S2/c1-3-39-24(32)15-6-4-5-7-16(15)27-29-18-13-20(41(35,36)37)22(26)23(21(18)25)30-28-17-12-14(8-9-19(17)38-2)40(33,34)11-10-31/h4-9,12-13,31H,3,10-11,25-26H2,1-2H3,(H,35,36,37). The van der Waals surface area contributed by atoms with E-state index in [1.54, 1.807) is 19.1 Å². The average molecular weight is 607 g/mol. The van der Waals surface area contributed by atoms with Gasteiger partial charge in [0, 0.05) is 0 Å². The number of sulfone groups is 1. The van der Waals surface area contributed by atoms with Gasteiger partial charge in [-0.1, -0.05) is 12.1 Å². The summed E-state index contributed by atoms with van der Waals surface area (Å²) in [5.41, 5.74) is 10.6. The molecular weight excluding hydrogens is 580 g/mol. The van der Waals surface area contributed by atoms with Crippen molar-refractivity contribution in [3.8, 4) is 5.75 Å². The fraction of sp³-hybridized carbons (Fsp3) is 0.208. The van der Waals surface area contributed by atoms with Crippen molar-refractivity contribution < 1.29 is 40.8 Å². The van der Waals surface area contributed by atoms with Gasteiger partial charge in [-0.15, -0.1) is 20.5 Å². The molecule has 0 aliphatic carbocycles. The molecule has 17 heteroatoms. The van der Waals surface area contributed by atoms with E-state index in [2.05, 4.69) is 20.5 Å². The van der Waals surface area contributed by atoms with Gasteiger partial charge in [0.1, 0.15) is 33.4 Å². The quantitative estimate of drug-likeness (QED) is 0.105. The van der Waals surface area contributed by atoms with E-state index < -0.39 is 54.6 Å². The number of nitrogens with zero attached hydrogens (tertiary/aromatic N) is 4. The second-order valence-electron chi connectivity index (χ2n) is 8.06. The van der Waals surface area contributed by atoms with E-state index in [4.69, 9.17) is 26.0 Å². The predicted molar refractivity (Wildman–Crippen MR) is 148 cm³/mol. The number of carbonyl (C=O) groups is 1. The highest BCUT2D eigenvalue weighted by Gasteiger charge is 2.23. The minimum atomic E-state index is -4.92. The van der Waals surface area contributed by atoms with Crippen molar-refractivity contribution in [1.29, 1.82) is 0 Å². The van der Waals surface area contributed by atoms with Gasteiger partial charge >= 0.3 is 5.97 Å². The molecule has 0 fully saturated rings. The van der Waals surface area contributed by atoms with Gasteiger partial charge in [0.2, 0.25) is 0 Å². The monoisotopic (exact) mass is 606 g/mol. The number of anilines is 2. The van der Waals surface area contributed by atoms with Gasteiger partial charge in [-0.25, -0.2) is 13.2 Å². The Labute approximate surface area is 235 Å². The maximum Gasteiger partial charge on any atom is 0.340 e. The Bertz CT molecular complexity index is 1740. The predicted octanol–water partition coefficient (Wildman–Crippen LogP) is 3.88. The van der Waals surface area contributed by atoms with Crippen LogP contribution in [-0.2, 0) is 24.7 Å². The summed E-state index contributed by atoms with van der Waals surface area (Å²) in [6.45, 7) is 1.13. The summed E-state index contributed by atoms with van der Waals surface area (Å²) in [6, 6.07) is 10.6. The molecular formula is C24H26N6O9S2. The van der Waals surface area contributed by atoms with Crippen molar-refractivity contribution in [2.45, 2.75) is 16.7 Å². The van der Waals surface area contributed by atoms with E-state index in [0.717, 1.165) is 12.1 Å². The number of aliphatic hydroxyl groups is 1. The van der Waals surface area contributed by atoms with Crippen LogP contribution in [0.15, 0.2) is 78.8 Å². The summed E-state index contributed by atoms with van der Waals surface area (Å²) in [4.78, 5) is 11.3. The number of ether oxygens (including phenoxy) is 2. The van der Waals surface area contributed by atoms with E-state index in [-0.39, 0.29) is 45.6 Å². The molecule has 0 unspecified atom stereocenters. The summed E-state index contributed by atoms with van der Waals surface area (Å²) in [7, 11) is -7.49. The van der Waals surface area contributed by atoms with E-state index in [0.29, 0.717) is 0 Å². The van der Waals surface area contributed by atoms with Crippen LogP contribution in [0.1, 0.15) is 17.3 Å². The van der Waals surface area contributed by atoms with Crippen LogP contribution in [-0.4, -0.2) is 58.5 Å². The molecule has 0 radical (unpaired) electrons. The van der Waals surface area contributed by atoms with Crippen molar-refractivity contribution in [2.75, 3.05) is 37.5 Å². The number of nitrogen functional groups attached to an aromatic ring is 2. The highest BCUT2D eigenvalue weighted by atomic mass is 32.2. The lowest BCUT2D eigenvalue weighted by molar-refractivity contribution is 0.0527. The molecule has 0 heterocycles. The summed E-state index contributed by atoms with van der Waals surface area (Å²) in [6.07, 6.45) is 0. The topological polar surface area (TPSA) is 246 Å². The largest absolute Gasteiger partial charge is 0.494 e. The van der Waals surface area contributed by atoms with Crippen molar-refractivity contribution in [1.82, 2.24) is 0 Å². The Morgan fingerprint density at radius 3 is 2.20 bits per heavy atom. The van der Waals surface area contributed by atoms with Crippen LogP contribution in [0.3, 0.4) is 0 Å². The van der Waals surface area contributed by atoms with Crippen LogP contribution < -0.4 is 16.2 Å². The molecule has 41 heavy (non-hydrogen) atoms. The molecule has 218 valence electrons. The fourth-order valence-electron chi connectivity index (χ4n) is 3.40. The molecule has 0 aliphatic heterocycles. The number of hydrogen-bond donors (Lipinski definition) is 4. The molecule has 6 N–H and O–H groups in total. The van der Waals surface area contributed by atoms with Crippen molar-refractivity contribution in [3.05, 3.63) is 54.1 Å². The third-order valence-corrected chi connectivity index (χ3v) is 7.98. The summed E-state index contributed by atoms with van der Waals surface area (Å²) >= 11 is 0. The van der Waals surface area contributed by atoms with Crippen LogP contribution in [0, 0.1) is 0 Å². The van der Waals surface area contributed by atoms with Gasteiger partial charge in [0.15, 0.2) is 9.84 Å². The summed E-state index contributed by atoms with van der Waals surface area (Å²) in [5, 5.41) is 24.9. The Morgan fingerprint density at radius 1 is 0.902 bits per heavy atom. The first-order valence-electron chi connectivity index (χ1n) is 11.6. The van der Waals surface area contributed by atoms with Gasteiger partial charge < -0.3 is 26.0 Å². The number of rotatable bonds is 11. The van der Waals surface area contributed by atoms with E-state index in [1.807, 2.05) is 0 Å². The molecule has 0 atom stereocenters. The molecule has 0 saturated carbocycles. The Hall–Kier alpha value is -4.45. The molecule has 3 rings (SSSR count). The lowest BCUT2D eigenvalue weighted by atomic mass is 10.2. The number of aliphatic hydroxyl groups excluding tert-OH is 1. The molecule has 3 aromatic rings. The molecule has 15 nitrogen and oxygen atoms in total. The Kier molecular flexibility index (Phi) is 9.71. The van der Waals surface area contributed by atoms with Gasteiger partial charge in [-0.3, -0.25) is 4.55 Å². The van der Waals surface area contributed by atoms with Crippen LogP contribution in [0.4, 0.5) is 34.1 Å².